The molecule has 0 bridgehead atoms. The number of nitrogens with one attached hydrogen (secondary N) is 1. The van der Waals surface area contributed by atoms with Crippen LogP contribution in [0.1, 0.15) is 13.8 Å². The molecule has 1 atom stereocenters. The van der Waals surface area contributed by atoms with E-state index in [-0.39, 0.29) is 11.8 Å². The Morgan fingerprint density at radius 1 is 1.39 bits per heavy atom. The quantitative estimate of drug-likeness (QED) is 0.432. The molecular weight excluding hydrogens is 242 g/mol. The maximum absolute atomic E-state index is 7.43. The zero-order chi connectivity index (χ0) is 13.4. The van der Waals surface area contributed by atoms with Crippen LogP contribution < -0.4 is 5.73 Å². The van der Waals surface area contributed by atoms with Crippen molar-refractivity contribution in [1.82, 2.24) is 4.90 Å². The van der Waals surface area contributed by atoms with E-state index in [1.165, 1.54) is 4.90 Å². The average Bonchev–Trinajstić information content (AvgIpc) is 2.38. The van der Waals surface area contributed by atoms with Crippen molar-refractivity contribution in [2.24, 2.45) is 11.7 Å². The molecule has 18 heavy (non-hydrogen) atoms. The van der Waals surface area contributed by atoms with E-state index in [0.717, 1.165) is 25.4 Å². The molecule has 0 aliphatic heterocycles. The van der Waals surface area contributed by atoms with E-state index < -0.39 is 0 Å². The smallest absolute Gasteiger partial charge is 0.0947 e. The standard InChI is InChI=1S/C14H23N3S/c1-3-17(11-12(2)14(15)16)9-10-18-13-7-5-4-6-8-13/h4-8,12H,3,9-11H2,1-2H3,(H3,15,16). The molecule has 0 heterocycles. The SMILES string of the molecule is CCN(CCSc1ccccc1)CC(C)C(=N)N. The number of nitrogens with zero attached hydrogens (tertiary/aromatic N) is 1. The second-order valence-corrected chi connectivity index (χ2v) is 5.58. The van der Waals surface area contributed by atoms with Gasteiger partial charge in [-0.05, 0) is 18.7 Å². The van der Waals surface area contributed by atoms with Gasteiger partial charge in [0.05, 0.1) is 5.84 Å². The summed E-state index contributed by atoms with van der Waals surface area (Å²) in [5, 5.41) is 7.43. The molecule has 3 nitrogen and oxygen atoms in total. The van der Waals surface area contributed by atoms with Crippen LogP contribution in [0.4, 0.5) is 0 Å². The number of rotatable bonds is 8. The van der Waals surface area contributed by atoms with Gasteiger partial charge in [0, 0.05) is 29.7 Å². The lowest BCUT2D eigenvalue weighted by Gasteiger charge is -2.23. The normalized spacial score (nSPS) is 12.6. The third kappa shape index (κ3) is 5.56. The second kappa shape index (κ2) is 8.16. The highest BCUT2D eigenvalue weighted by molar-refractivity contribution is 7.99. The van der Waals surface area contributed by atoms with Gasteiger partial charge in [-0.25, -0.2) is 0 Å². The van der Waals surface area contributed by atoms with E-state index in [1.54, 1.807) is 0 Å². The topological polar surface area (TPSA) is 53.1 Å². The van der Waals surface area contributed by atoms with E-state index in [9.17, 15) is 0 Å². The molecule has 1 aromatic carbocycles. The molecule has 0 fully saturated rings. The molecule has 0 saturated heterocycles. The number of nitrogens with two attached hydrogens (primary N) is 1. The summed E-state index contributed by atoms with van der Waals surface area (Å²) < 4.78 is 0. The Hall–Kier alpha value is -1.00. The molecule has 0 aromatic heterocycles. The van der Waals surface area contributed by atoms with Crippen LogP contribution in [0.15, 0.2) is 35.2 Å². The predicted octanol–water partition coefficient (Wildman–Crippen LogP) is 2.67. The Labute approximate surface area is 114 Å². The van der Waals surface area contributed by atoms with E-state index in [4.69, 9.17) is 11.1 Å². The van der Waals surface area contributed by atoms with E-state index in [1.807, 2.05) is 24.8 Å². The Morgan fingerprint density at radius 3 is 2.61 bits per heavy atom. The van der Waals surface area contributed by atoms with Crippen LogP contribution in [0.5, 0.6) is 0 Å². The van der Waals surface area contributed by atoms with Gasteiger partial charge in [-0.3, -0.25) is 5.41 Å². The van der Waals surface area contributed by atoms with Gasteiger partial charge in [0.15, 0.2) is 0 Å². The van der Waals surface area contributed by atoms with Gasteiger partial charge in [-0.1, -0.05) is 32.0 Å². The molecule has 0 saturated carbocycles. The highest BCUT2D eigenvalue weighted by Gasteiger charge is 2.10. The van der Waals surface area contributed by atoms with Crippen molar-refractivity contribution in [3.63, 3.8) is 0 Å². The Balaban J connectivity index is 2.29. The number of hydrogen-bond donors (Lipinski definition) is 2. The first kappa shape index (κ1) is 15.1. The van der Waals surface area contributed by atoms with Gasteiger partial charge in [0.1, 0.15) is 0 Å². The lowest BCUT2D eigenvalue weighted by atomic mass is 10.1. The fraction of sp³-hybridized carbons (Fsp3) is 0.500. The van der Waals surface area contributed by atoms with Gasteiger partial charge in [0.2, 0.25) is 0 Å². The maximum atomic E-state index is 7.43. The highest BCUT2D eigenvalue weighted by Crippen LogP contribution is 2.16. The minimum absolute atomic E-state index is 0.145. The van der Waals surface area contributed by atoms with Crippen LogP contribution >= 0.6 is 11.8 Å². The first-order valence-electron chi connectivity index (χ1n) is 6.37. The van der Waals surface area contributed by atoms with Crippen molar-refractivity contribution in [2.45, 2.75) is 18.7 Å². The van der Waals surface area contributed by atoms with Crippen molar-refractivity contribution >= 4 is 17.6 Å². The first-order chi connectivity index (χ1) is 8.63. The first-order valence-corrected chi connectivity index (χ1v) is 7.36. The van der Waals surface area contributed by atoms with Crippen molar-refractivity contribution in [3.8, 4) is 0 Å². The largest absolute Gasteiger partial charge is 0.387 e. The monoisotopic (exact) mass is 265 g/mol. The lowest BCUT2D eigenvalue weighted by molar-refractivity contribution is 0.288. The zero-order valence-electron chi connectivity index (χ0n) is 11.2. The summed E-state index contributed by atoms with van der Waals surface area (Å²) in [7, 11) is 0. The van der Waals surface area contributed by atoms with Crippen LogP contribution in [0.2, 0.25) is 0 Å². The molecule has 0 spiro atoms. The molecule has 3 N–H and O–H groups in total. The molecule has 0 radical (unpaired) electrons. The Kier molecular flexibility index (Phi) is 6.83. The number of hydrogen-bond acceptors (Lipinski definition) is 3. The molecule has 1 aromatic rings. The Bertz CT molecular complexity index is 353. The maximum Gasteiger partial charge on any atom is 0.0947 e. The third-order valence-electron chi connectivity index (χ3n) is 2.93. The fourth-order valence-corrected chi connectivity index (χ4v) is 2.61. The summed E-state index contributed by atoms with van der Waals surface area (Å²) in [5.41, 5.74) is 5.51. The fourth-order valence-electron chi connectivity index (χ4n) is 1.67. The van der Waals surface area contributed by atoms with Gasteiger partial charge < -0.3 is 10.6 Å². The van der Waals surface area contributed by atoms with Gasteiger partial charge in [-0.15, -0.1) is 11.8 Å². The summed E-state index contributed by atoms with van der Waals surface area (Å²) in [6.45, 7) is 7.08. The molecule has 100 valence electrons. The molecule has 0 aliphatic rings. The van der Waals surface area contributed by atoms with Gasteiger partial charge >= 0.3 is 0 Å². The van der Waals surface area contributed by atoms with Gasteiger partial charge in [0.25, 0.3) is 0 Å². The zero-order valence-corrected chi connectivity index (χ0v) is 12.0. The summed E-state index contributed by atoms with van der Waals surface area (Å²) in [5.74, 6) is 1.50. The van der Waals surface area contributed by atoms with E-state index >= 15 is 0 Å². The lowest BCUT2D eigenvalue weighted by Crippen LogP contribution is -2.35. The summed E-state index contributed by atoms with van der Waals surface area (Å²) >= 11 is 1.87. The minimum atomic E-state index is 0.145. The van der Waals surface area contributed by atoms with Crippen LogP contribution in [0.3, 0.4) is 0 Å². The van der Waals surface area contributed by atoms with Crippen LogP contribution in [-0.4, -0.2) is 36.1 Å². The van der Waals surface area contributed by atoms with Crippen molar-refractivity contribution in [2.75, 3.05) is 25.4 Å². The summed E-state index contributed by atoms with van der Waals surface area (Å²) in [4.78, 5) is 3.66. The van der Waals surface area contributed by atoms with E-state index in [2.05, 4.69) is 36.1 Å². The minimum Gasteiger partial charge on any atom is -0.387 e. The van der Waals surface area contributed by atoms with E-state index in [0.29, 0.717) is 0 Å². The molecule has 1 unspecified atom stereocenters. The van der Waals surface area contributed by atoms with Gasteiger partial charge in [-0.2, -0.15) is 0 Å². The summed E-state index contributed by atoms with van der Waals surface area (Å²) in [6, 6.07) is 10.4. The van der Waals surface area contributed by atoms with Crippen molar-refractivity contribution in [3.05, 3.63) is 30.3 Å². The number of benzene rings is 1. The molecule has 0 amide bonds. The average molecular weight is 265 g/mol. The highest BCUT2D eigenvalue weighted by atomic mass is 32.2. The van der Waals surface area contributed by atoms with Crippen molar-refractivity contribution in [1.29, 1.82) is 5.41 Å². The van der Waals surface area contributed by atoms with Crippen molar-refractivity contribution < 1.29 is 0 Å². The van der Waals surface area contributed by atoms with Crippen LogP contribution in [0.25, 0.3) is 0 Å². The molecular formula is C14H23N3S. The molecule has 1 rings (SSSR count). The van der Waals surface area contributed by atoms with Crippen LogP contribution in [0, 0.1) is 11.3 Å². The molecule has 4 heteroatoms. The summed E-state index contributed by atoms with van der Waals surface area (Å²) in [6.07, 6.45) is 0. The third-order valence-corrected chi connectivity index (χ3v) is 3.92. The Morgan fingerprint density at radius 2 is 2.06 bits per heavy atom. The number of amidine groups is 1. The number of thioether (sulfide) groups is 1. The second-order valence-electron chi connectivity index (χ2n) is 4.41. The predicted molar refractivity (Wildman–Crippen MR) is 80.4 cm³/mol. The molecule has 0 aliphatic carbocycles. The van der Waals surface area contributed by atoms with Crippen LogP contribution in [-0.2, 0) is 0 Å².